The summed E-state index contributed by atoms with van der Waals surface area (Å²) in [5, 5.41) is 30.5. The molecule has 0 saturated carbocycles. The number of unbranched alkanes of at least 4 members (excludes halogenated alkanes) is 23. The van der Waals surface area contributed by atoms with Crippen LogP contribution in [0.3, 0.4) is 0 Å². The Morgan fingerprint density at radius 3 is 1.23 bits per heavy atom. The zero-order valence-electron chi connectivity index (χ0n) is 26.1. The maximum absolute atomic E-state index is 12.6. The van der Waals surface area contributed by atoms with Crippen molar-refractivity contribution >= 4 is 5.78 Å². The molecule has 0 fully saturated rings. The lowest BCUT2D eigenvalue weighted by Crippen LogP contribution is -2.38. The Morgan fingerprint density at radius 1 is 0.538 bits per heavy atom. The average molecular weight is 556 g/mol. The third-order valence-corrected chi connectivity index (χ3v) is 8.39. The molecule has 234 valence electrons. The summed E-state index contributed by atoms with van der Waals surface area (Å²) in [5.74, 6) is -1.24. The highest BCUT2D eigenvalue weighted by atomic mass is 16.3. The van der Waals surface area contributed by atoms with E-state index in [1.807, 2.05) is 0 Å². The van der Waals surface area contributed by atoms with E-state index in [0.717, 1.165) is 51.5 Å². The predicted molar refractivity (Wildman–Crippen MR) is 167 cm³/mol. The predicted octanol–water partition coefficient (Wildman–Crippen LogP) is 8.40. The number of ketones is 1. The largest absolute Gasteiger partial charge is 0.396 e. The molecule has 39 heavy (non-hydrogen) atoms. The number of carbonyl (C=O) groups is 1. The van der Waals surface area contributed by atoms with Crippen LogP contribution in [0, 0.1) is 5.92 Å². The molecular weight excluding hydrogens is 486 g/mol. The number of aliphatic hydroxyl groups is 3. The van der Waals surface area contributed by atoms with E-state index in [0.29, 0.717) is 12.8 Å². The second-order valence-electron chi connectivity index (χ2n) is 12.1. The second kappa shape index (κ2) is 30.5. The fourth-order valence-corrected chi connectivity index (χ4v) is 5.61. The van der Waals surface area contributed by atoms with Crippen LogP contribution in [0.4, 0.5) is 0 Å². The van der Waals surface area contributed by atoms with Gasteiger partial charge < -0.3 is 21.1 Å². The summed E-state index contributed by atoms with van der Waals surface area (Å²) in [6.07, 6.45) is 30.0. The van der Waals surface area contributed by atoms with Crippen LogP contribution in [-0.2, 0) is 4.79 Å². The zero-order valence-corrected chi connectivity index (χ0v) is 26.1. The van der Waals surface area contributed by atoms with Crippen molar-refractivity contribution in [2.24, 2.45) is 11.7 Å². The van der Waals surface area contributed by atoms with Crippen molar-refractivity contribution in [3.63, 3.8) is 0 Å². The summed E-state index contributed by atoms with van der Waals surface area (Å²) in [7, 11) is 0. The monoisotopic (exact) mass is 556 g/mol. The van der Waals surface area contributed by atoms with Gasteiger partial charge in [-0.3, -0.25) is 4.79 Å². The van der Waals surface area contributed by atoms with Crippen LogP contribution in [-0.4, -0.2) is 46.5 Å². The van der Waals surface area contributed by atoms with E-state index in [9.17, 15) is 20.1 Å². The maximum Gasteiger partial charge on any atom is 0.169 e. The van der Waals surface area contributed by atoms with Crippen molar-refractivity contribution in [2.45, 2.75) is 192 Å². The summed E-state index contributed by atoms with van der Waals surface area (Å²) in [6.45, 7) is 2.69. The topological polar surface area (TPSA) is 104 Å². The van der Waals surface area contributed by atoms with Crippen molar-refractivity contribution < 1.29 is 20.1 Å². The van der Waals surface area contributed by atoms with E-state index in [1.165, 1.54) is 116 Å². The van der Waals surface area contributed by atoms with Gasteiger partial charge in [0, 0.05) is 0 Å². The minimum absolute atomic E-state index is 0.382. The Balaban J connectivity index is 3.70. The fourth-order valence-electron chi connectivity index (χ4n) is 5.61. The van der Waals surface area contributed by atoms with Gasteiger partial charge in [-0.2, -0.15) is 0 Å². The summed E-state index contributed by atoms with van der Waals surface area (Å²) in [6, 6.07) is 0. The van der Waals surface area contributed by atoms with E-state index >= 15 is 0 Å². The molecule has 0 saturated heterocycles. The molecule has 0 aromatic rings. The van der Waals surface area contributed by atoms with E-state index in [2.05, 4.69) is 6.92 Å². The minimum Gasteiger partial charge on any atom is -0.396 e. The van der Waals surface area contributed by atoms with Crippen molar-refractivity contribution in [1.29, 1.82) is 0 Å². The molecule has 0 radical (unpaired) electrons. The SMILES string of the molecule is CCCCCCCCCCCCCCC(O)C(=O)[C@@H](CO)[C@H](O)CCCCCCCCCCCCCCCN. The smallest absolute Gasteiger partial charge is 0.169 e. The molecule has 5 heteroatoms. The third-order valence-electron chi connectivity index (χ3n) is 8.39. The van der Waals surface area contributed by atoms with Gasteiger partial charge in [0.1, 0.15) is 6.10 Å². The molecule has 0 rings (SSSR count). The van der Waals surface area contributed by atoms with Crippen LogP contribution < -0.4 is 5.73 Å². The Hall–Kier alpha value is -0.490. The van der Waals surface area contributed by atoms with Gasteiger partial charge in [-0.25, -0.2) is 0 Å². The molecule has 1 unspecified atom stereocenters. The van der Waals surface area contributed by atoms with Gasteiger partial charge in [-0.15, -0.1) is 0 Å². The van der Waals surface area contributed by atoms with Crippen LogP contribution in [0.15, 0.2) is 0 Å². The lowest BCUT2D eigenvalue weighted by atomic mass is 9.89. The molecule has 5 N–H and O–H groups in total. The normalized spacial score (nSPS) is 14.0. The Labute approximate surface area is 243 Å². The zero-order chi connectivity index (χ0) is 28.8. The lowest BCUT2D eigenvalue weighted by molar-refractivity contribution is -0.137. The van der Waals surface area contributed by atoms with Crippen LogP contribution in [0.2, 0.25) is 0 Å². The third kappa shape index (κ3) is 25.0. The number of hydrogen-bond acceptors (Lipinski definition) is 5. The Morgan fingerprint density at radius 2 is 0.872 bits per heavy atom. The number of hydrogen-bond donors (Lipinski definition) is 4. The second-order valence-corrected chi connectivity index (χ2v) is 12.1. The molecule has 0 spiro atoms. The highest BCUT2D eigenvalue weighted by Gasteiger charge is 2.30. The average Bonchev–Trinajstić information content (AvgIpc) is 2.94. The number of aliphatic hydroxyl groups excluding tert-OH is 3. The molecule has 0 aromatic heterocycles. The molecule has 0 aliphatic heterocycles. The van der Waals surface area contributed by atoms with Gasteiger partial charge >= 0.3 is 0 Å². The summed E-state index contributed by atoms with van der Waals surface area (Å²) >= 11 is 0. The van der Waals surface area contributed by atoms with Crippen molar-refractivity contribution in [3.05, 3.63) is 0 Å². The minimum atomic E-state index is -1.06. The molecule has 0 aromatic carbocycles. The first-order valence-electron chi connectivity index (χ1n) is 17.3. The number of nitrogens with two attached hydrogens (primary N) is 1. The first kappa shape index (κ1) is 38.5. The highest BCUT2D eigenvalue weighted by molar-refractivity contribution is 5.85. The van der Waals surface area contributed by atoms with Gasteiger partial charge in [0.2, 0.25) is 0 Å². The maximum atomic E-state index is 12.6. The van der Waals surface area contributed by atoms with Crippen LogP contribution in [0.25, 0.3) is 0 Å². The summed E-state index contributed by atoms with van der Waals surface area (Å²) in [4.78, 5) is 12.6. The van der Waals surface area contributed by atoms with E-state index < -0.39 is 18.1 Å². The summed E-state index contributed by atoms with van der Waals surface area (Å²) < 4.78 is 0. The Bertz CT molecular complexity index is 502. The molecule has 0 aliphatic rings. The number of Topliss-reactive ketones (excluding diaryl/α,β-unsaturated/α-hetero) is 1. The van der Waals surface area contributed by atoms with Crippen molar-refractivity contribution in [2.75, 3.05) is 13.2 Å². The van der Waals surface area contributed by atoms with Gasteiger partial charge in [-0.1, -0.05) is 161 Å². The van der Waals surface area contributed by atoms with E-state index in [1.54, 1.807) is 0 Å². The quantitative estimate of drug-likeness (QED) is 0.0624. The standard InChI is InChI=1S/C34H69NO4/c1-2-3-4-5-6-7-8-12-16-19-22-25-28-33(38)34(39)31(30-36)32(37)27-24-21-18-15-13-10-9-11-14-17-20-23-26-29-35/h31-33,36-38H,2-30,35H2,1H3/t31-,32+,33?/m0/s1. The first-order valence-corrected chi connectivity index (χ1v) is 17.3. The molecule has 0 heterocycles. The van der Waals surface area contributed by atoms with Crippen LogP contribution >= 0.6 is 0 Å². The molecule has 5 nitrogen and oxygen atoms in total. The van der Waals surface area contributed by atoms with E-state index in [-0.39, 0.29) is 12.4 Å². The molecular formula is C34H69NO4. The van der Waals surface area contributed by atoms with Crippen LogP contribution in [0.1, 0.15) is 180 Å². The molecule has 3 atom stereocenters. The van der Waals surface area contributed by atoms with Gasteiger partial charge in [0.05, 0.1) is 18.6 Å². The fraction of sp³-hybridized carbons (Fsp3) is 0.971. The number of rotatable bonds is 32. The van der Waals surface area contributed by atoms with Gasteiger partial charge in [0.15, 0.2) is 5.78 Å². The highest BCUT2D eigenvalue weighted by Crippen LogP contribution is 2.19. The Kier molecular flexibility index (Phi) is 30.1. The molecule has 0 bridgehead atoms. The van der Waals surface area contributed by atoms with Gasteiger partial charge in [0.25, 0.3) is 0 Å². The van der Waals surface area contributed by atoms with E-state index in [4.69, 9.17) is 5.73 Å². The summed E-state index contributed by atoms with van der Waals surface area (Å²) in [5.41, 5.74) is 5.52. The molecule has 0 aliphatic carbocycles. The molecule has 0 amide bonds. The van der Waals surface area contributed by atoms with Crippen molar-refractivity contribution in [3.8, 4) is 0 Å². The van der Waals surface area contributed by atoms with Gasteiger partial charge in [-0.05, 0) is 25.8 Å². The first-order chi connectivity index (χ1) is 19.1. The van der Waals surface area contributed by atoms with Crippen molar-refractivity contribution in [1.82, 2.24) is 0 Å². The van der Waals surface area contributed by atoms with Crippen LogP contribution in [0.5, 0.6) is 0 Å². The number of carbonyl (C=O) groups excluding carboxylic acids is 1. The lowest BCUT2D eigenvalue weighted by Gasteiger charge is -2.22.